The number of sulfonamides is 1. The molecule has 0 amide bonds. The van der Waals surface area contributed by atoms with E-state index in [1.807, 2.05) is 4.72 Å². The lowest BCUT2D eigenvalue weighted by Gasteiger charge is -2.12. The summed E-state index contributed by atoms with van der Waals surface area (Å²) in [5, 5.41) is -0.352. The molecular formula is C13H11ClF3N3O3S. The molecule has 1 aromatic carbocycles. The zero-order valence-electron chi connectivity index (χ0n) is 12.1. The van der Waals surface area contributed by atoms with Gasteiger partial charge in [0.2, 0.25) is 5.88 Å². The molecule has 1 aromatic heterocycles. The van der Waals surface area contributed by atoms with Gasteiger partial charge in [0.1, 0.15) is 17.0 Å². The summed E-state index contributed by atoms with van der Waals surface area (Å²) in [5.41, 5.74) is -1.13. The lowest BCUT2D eigenvalue weighted by molar-refractivity contribution is -0.137. The average molecular weight is 382 g/mol. The number of alkyl halides is 3. The molecule has 2 rings (SSSR count). The predicted molar refractivity (Wildman–Crippen MR) is 80.5 cm³/mol. The Morgan fingerprint density at radius 2 is 1.96 bits per heavy atom. The first-order valence-corrected chi connectivity index (χ1v) is 8.34. The largest absolute Gasteiger partial charge is 0.478 e. The van der Waals surface area contributed by atoms with Crippen LogP contribution in [0.4, 0.5) is 19.0 Å². The Bertz CT molecular complexity index is 844. The molecule has 6 nitrogen and oxygen atoms in total. The van der Waals surface area contributed by atoms with Gasteiger partial charge in [-0.05, 0) is 25.1 Å². The number of rotatable bonds is 5. The van der Waals surface area contributed by atoms with Crippen molar-refractivity contribution in [2.45, 2.75) is 18.0 Å². The molecule has 0 saturated heterocycles. The van der Waals surface area contributed by atoms with E-state index >= 15 is 0 Å². The molecule has 1 heterocycles. The maximum Gasteiger partial charge on any atom is 0.416 e. The minimum atomic E-state index is -4.70. The van der Waals surface area contributed by atoms with Crippen molar-refractivity contribution in [3.63, 3.8) is 0 Å². The van der Waals surface area contributed by atoms with Crippen LogP contribution in [-0.2, 0) is 16.2 Å². The summed E-state index contributed by atoms with van der Waals surface area (Å²) in [6.45, 7) is 2.00. The molecule has 0 aliphatic rings. The van der Waals surface area contributed by atoms with Gasteiger partial charge in [-0.3, -0.25) is 4.72 Å². The van der Waals surface area contributed by atoms with Crippen molar-refractivity contribution < 1.29 is 26.3 Å². The van der Waals surface area contributed by atoms with Crippen molar-refractivity contribution in [3.05, 3.63) is 41.2 Å². The molecule has 0 aliphatic heterocycles. The van der Waals surface area contributed by atoms with Crippen LogP contribution < -0.4 is 9.46 Å². The Balaban J connectivity index is 2.39. The quantitative estimate of drug-likeness (QED) is 0.859. The van der Waals surface area contributed by atoms with E-state index in [4.69, 9.17) is 16.3 Å². The molecule has 0 spiro atoms. The second-order valence-electron chi connectivity index (χ2n) is 4.42. The van der Waals surface area contributed by atoms with Crippen molar-refractivity contribution in [1.29, 1.82) is 0 Å². The molecule has 0 aliphatic carbocycles. The van der Waals surface area contributed by atoms with Gasteiger partial charge in [-0.2, -0.15) is 13.2 Å². The smallest absolute Gasteiger partial charge is 0.416 e. The van der Waals surface area contributed by atoms with Crippen LogP contribution in [0.25, 0.3) is 0 Å². The van der Waals surface area contributed by atoms with Crippen LogP contribution >= 0.6 is 11.6 Å². The van der Waals surface area contributed by atoms with Crippen molar-refractivity contribution in [2.24, 2.45) is 0 Å². The summed E-state index contributed by atoms with van der Waals surface area (Å²) in [4.78, 5) is 6.73. The lowest BCUT2D eigenvalue weighted by Crippen LogP contribution is -2.16. The monoisotopic (exact) mass is 381 g/mol. The minimum Gasteiger partial charge on any atom is -0.478 e. The van der Waals surface area contributed by atoms with Crippen molar-refractivity contribution in [1.82, 2.24) is 9.97 Å². The summed E-state index contributed by atoms with van der Waals surface area (Å²) in [6.07, 6.45) is -3.65. The van der Waals surface area contributed by atoms with Gasteiger partial charge >= 0.3 is 6.18 Å². The Morgan fingerprint density at radius 3 is 2.58 bits per heavy atom. The van der Waals surface area contributed by atoms with Gasteiger partial charge < -0.3 is 4.74 Å². The summed E-state index contributed by atoms with van der Waals surface area (Å²) >= 11 is 5.73. The first kappa shape index (κ1) is 18.3. The van der Waals surface area contributed by atoms with Crippen LogP contribution in [0.3, 0.4) is 0 Å². The van der Waals surface area contributed by atoms with E-state index in [0.29, 0.717) is 18.7 Å². The topological polar surface area (TPSA) is 81.2 Å². The fourth-order valence-corrected chi connectivity index (χ4v) is 3.23. The molecule has 1 N–H and O–H groups in total. The van der Waals surface area contributed by atoms with Gasteiger partial charge in [0.05, 0.1) is 17.2 Å². The maximum absolute atomic E-state index is 12.8. The molecule has 0 unspecified atom stereocenters. The third kappa shape index (κ3) is 4.26. The molecule has 0 fully saturated rings. The number of ether oxygens (including phenoxy) is 1. The van der Waals surface area contributed by atoms with E-state index < -0.39 is 26.7 Å². The first-order chi connectivity index (χ1) is 11.1. The van der Waals surface area contributed by atoms with E-state index in [9.17, 15) is 21.6 Å². The number of hydrogen-bond donors (Lipinski definition) is 1. The highest BCUT2D eigenvalue weighted by Crippen LogP contribution is 2.33. The van der Waals surface area contributed by atoms with Crippen LogP contribution in [-0.4, -0.2) is 25.0 Å². The summed E-state index contributed by atoms with van der Waals surface area (Å²) in [6, 6.07) is 3.21. The summed E-state index contributed by atoms with van der Waals surface area (Å²) in [7, 11) is -4.39. The second-order valence-corrected chi connectivity index (χ2v) is 6.48. The lowest BCUT2D eigenvalue weighted by atomic mass is 10.2. The Morgan fingerprint density at radius 1 is 1.25 bits per heavy atom. The van der Waals surface area contributed by atoms with Crippen LogP contribution in [0.1, 0.15) is 12.5 Å². The maximum atomic E-state index is 12.8. The van der Waals surface area contributed by atoms with Gasteiger partial charge in [-0.25, -0.2) is 18.4 Å². The van der Waals surface area contributed by atoms with Gasteiger partial charge in [0.25, 0.3) is 10.0 Å². The number of halogens is 4. The van der Waals surface area contributed by atoms with E-state index in [1.54, 1.807) is 6.92 Å². The van der Waals surface area contributed by atoms with Crippen molar-refractivity contribution in [2.75, 3.05) is 11.3 Å². The van der Waals surface area contributed by atoms with Crippen LogP contribution in [0.2, 0.25) is 5.02 Å². The number of hydrogen-bond acceptors (Lipinski definition) is 5. The minimum absolute atomic E-state index is 0.111. The van der Waals surface area contributed by atoms with Gasteiger partial charge in [0, 0.05) is 6.07 Å². The average Bonchev–Trinajstić information content (AvgIpc) is 2.46. The fraction of sp³-hybridized carbons (Fsp3) is 0.231. The Labute approximate surface area is 140 Å². The van der Waals surface area contributed by atoms with E-state index in [1.165, 1.54) is 6.07 Å². The molecular weight excluding hydrogens is 371 g/mol. The zero-order valence-corrected chi connectivity index (χ0v) is 13.7. The third-order valence-electron chi connectivity index (χ3n) is 2.72. The highest BCUT2D eigenvalue weighted by molar-refractivity contribution is 7.92. The summed E-state index contributed by atoms with van der Waals surface area (Å²) < 4.78 is 70.0. The molecule has 0 saturated carbocycles. The van der Waals surface area contributed by atoms with Gasteiger partial charge in [-0.15, -0.1) is 0 Å². The number of benzene rings is 1. The molecule has 2 aromatic rings. The van der Waals surface area contributed by atoms with Gasteiger partial charge in [0.15, 0.2) is 0 Å². The number of aromatic nitrogens is 2. The Kier molecular flexibility index (Phi) is 5.19. The van der Waals surface area contributed by atoms with E-state index in [0.717, 1.165) is 12.4 Å². The van der Waals surface area contributed by atoms with Crippen LogP contribution in [0.5, 0.6) is 5.88 Å². The van der Waals surface area contributed by atoms with Crippen molar-refractivity contribution >= 4 is 27.4 Å². The van der Waals surface area contributed by atoms with Gasteiger partial charge in [-0.1, -0.05) is 11.6 Å². The molecule has 24 heavy (non-hydrogen) atoms. The molecule has 0 atom stereocenters. The standard InChI is InChI=1S/C13H11ClF3N3O3S/c1-2-23-12-6-11(18-7-19-12)20-24(21,22)10-5-8(13(15,16)17)3-4-9(10)14/h3-7H,2H2,1H3,(H,18,19,20). The second kappa shape index (κ2) is 6.81. The van der Waals surface area contributed by atoms with Crippen molar-refractivity contribution in [3.8, 4) is 5.88 Å². The molecule has 11 heteroatoms. The van der Waals surface area contributed by atoms with Crippen LogP contribution in [0, 0.1) is 0 Å². The molecule has 0 radical (unpaired) electrons. The molecule has 130 valence electrons. The number of anilines is 1. The third-order valence-corrected chi connectivity index (χ3v) is 4.56. The Hall–Kier alpha value is -2.07. The summed E-state index contributed by atoms with van der Waals surface area (Å²) in [5.74, 6) is -0.0535. The van der Waals surface area contributed by atoms with E-state index in [2.05, 4.69) is 9.97 Å². The highest BCUT2D eigenvalue weighted by atomic mass is 35.5. The van der Waals surface area contributed by atoms with Crippen LogP contribution in [0.15, 0.2) is 35.5 Å². The van der Waals surface area contributed by atoms with E-state index in [-0.39, 0.29) is 16.7 Å². The predicted octanol–water partition coefficient (Wildman–Crippen LogP) is 3.35. The SMILES string of the molecule is CCOc1cc(NS(=O)(=O)c2cc(C(F)(F)F)ccc2Cl)ncn1. The first-order valence-electron chi connectivity index (χ1n) is 6.48. The molecule has 0 bridgehead atoms. The highest BCUT2D eigenvalue weighted by Gasteiger charge is 2.32. The fourth-order valence-electron chi connectivity index (χ4n) is 1.70. The zero-order chi connectivity index (χ0) is 18.0. The number of nitrogens with one attached hydrogen (secondary N) is 1. The number of nitrogens with zero attached hydrogens (tertiary/aromatic N) is 2. The normalized spacial score (nSPS) is 12.0.